The molecule has 18 heavy (non-hydrogen) atoms. The van der Waals surface area contributed by atoms with Crippen LogP contribution in [0.25, 0.3) is 0 Å². The van der Waals surface area contributed by atoms with Gasteiger partial charge in [-0.15, -0.1) is 0 Å². The predicted octanol–water partition coefficient (Wildman–Crippen LogP) is 2.84. The molecule has 1 aromatic rings. The van der Waals surface area contributed by atoms with Gasteiger partial charge in [-0.05, 0) is 30.9 Å². The molecule has 1 N–H and O–H groups in total. The minimum Gasteiger partial charge on any atom is -0.388 e. The maximum Gasteiger partial charge on any atom is 0.129 e. The van der Waals surface area contributed by atoms with E-state index in [9.17, 15) is 9.50 Å². The van der Waals surface area contributed by atoms with Crippen molar-refractivity contribution in [3.8, 4) is 0 Å². The molecule has 3 unspecified atom stereocenters. The first-order valence-corrected chi connectivity index (χ1v) is 6.72. The van der Waals surface area contributed by atoms with Gasteiger partial charge in [-0.25, -0.2) is 4.39 Å². The Kier molecular flexibility index (Phi) is 4.36. The first-order chi connectivity index (χ1) is 8.58. The minimum absolute atomic E-state index is 0.0483. The lowest BCUT2D eigenvalue weighted by Crippen LogP contribution is -2.29. The van der Waals surface area contributed by atoms with Crippen molar-refractivity contribution < 1.29 is 9.50 Å². The van der Waals surface area contributed by atoms with E-state index in [1.165, 1.54) is 12.5 Å². The molecule has 1 saturated heterocycles. The molecule has 1 aliphatic heterocycles. The molecular formula is C15H22FNO. The number of hydrogen-bond donors (Lipinski definition) is 1. The highest BCUT2D eigenvalue weighted by molar-refractivity contribution is 5.20. The maximum atomic E-state index is 13.6. The van der Waals surface area contributed by atoms with Crippen LogP contribution in [0.1, 0.15) is 31.9 Å². The smallest absolute Gasteiger partial charge is 0.129 e. The molecule has 0 saturated carbocycles. The van der Waals surface area contributed by atoms with E-state index >= 15 is 0 Å². The Morgan fingerprint density at radius 1 is 1.44 bits per heavy atom. The first kappa shape index (κ1) is 13.5. The number of likely N-dealkylation sites (tertiary alicyclic amines) is 1. The second kappa shape index (κ2) is 5.81. The number of aliphatic hydroxyl groups is 1. The van der Waals surface area contributed by atoms with Gasteiger partial charge in [0, 0.05) is 18.7 Å². The summed E-state index contributed by atoms with van der Waals surface area (Å²) in [5.74, 6) is 0.474. The average molecular weight is 251 g/mol. The van der Waals surface area contributed by atoms with Crippen LogP contribution in [0.15, 0.2) is 24.3 Å². The summed E-state index contributed by atoms with van der Waals surface area (Å²) in [5, 5.41) is 10.2. The molecule has 0 spiro atoms. The van der Waals surface area contributed by atoms with Gasteiger partial charge in [-0.3, -0.25) is 0 Å². The van der Waals surface area contributed by atoms with E-state index in [1.54, 1.807) is 18.2 Å². The highest BCUT2D eigenvalue weighted by Gasteiger charge is 2.25. The summed E-state index contributed by atoms with van der Waals surface area (Å²) in [4.78, 5) is 2.36. The van der Waals surface area contributed by atoms with Crippen LogP contribution in [-0.4, -0.2) is 29.6 Å². The Balaban J connectivity index is 1.96. The summed E-state index contributed by atoms with van der Waals surface area (Å²) in [6.07, 6.45) is 0.504. The minimum atomic E-state index is -0.720. The molecule has 3 heteroatoms. The molecule has 0 bridgehead atoms. The van der Waals surface area contributed by atoms with Gasteiger partial charge < -0.3 is 10.0 Å². The standard InChI is InChI=1S/C15H22FNO/c1-11-7-8-17(9-11)10-12(2)15(18)13-5-3-4-6-14(13)16/h3-6,11-12,15,18H,7-10H2,1-2H3. The third kappa shape index (κ3) is 3.09. The zero-order valence-electron chi connectivity index (χ0n) is 11.1. The lowest BCUT2D eigenvalue weighted by atomic mass is 9.96. The first-order valence-electron chi connectivity index (χ1n) is 6.72. The Morgan fingerprint density at radius 3 is 2.78 bits per heavy atom. The second-order valence-electron chi connectivity index (χ2n) is 5.60. The Morgan fingerprint density at radius 2 is 2.17 bits per heavy atom. The largest absolute Gasteiger partial charge is 0.388 e. The van der Waals surface area contributed by atoms with Gasteiger partial charge in [-0.1, -0.05) is 32.0 Å². The predicted molar refractivity (Wildman–Crippen MR) is 70.7 cm³/mol. The van der Waals surface area contributed by atoms with Crippen molar-refractivity contribution in [3.63, 3.8) is 0 Å². The molecule has 0 aliphatic carbocycles. The summed E-state index contributed by atoms with van der Waals surface area (Å²) in [7, 11) is 0. The van der Waals surface area contributed by atoms with Crippen molar-refractivity contribution in [1.82, 2.24) is 4.90 Å². The number of aliphatic hydroxyl groups excluding tert-OH is 1. The molecule has 2 rings (SSSR count). The number of benzene rings is 1. The molecule has 1 heterocycles. The molecule has 100 valence electrons. The van der Waals surface area contributed by atoms with E-state index < -0.39 is 6.10 Å². The van der Waals surface area contributed by atoms with Crippen molar-refractivity contribution in [2.45, 2.75) is 26.4 Å². The van der Waals surface area contributed by atoms with Crippen LogP contribution < -0.4 is 0 Å². The highest BCUT2D eigenvalue weighted by Crippen LogP contribution is 2.26. The molecule has 1 fully saturated rings. The fourth-order valence-corrected chi connectivity index (χ4v) is 2.72. The van der Waals surface area contributed by atoms with Crippen LogP contribution in [0.5, 0.6) is 0 Å². The third-order valence-electron chi connectivity index (χ3n) is 3.82. The lowest BCUT2D eigenvalue weighted by molar-refractivity contribution is 0.0906. The monoisotopic (exact) mass is 251 g/mol. The average Bonchev–Trinajstić information content (AvgIpc) is 2.74. The number of hydrogen-bond acceptors (Lipinski definition) is 2. The van der Waals surface area contributed by atoms with Gasteiger partial charge in [-0.2, -0.15) is 0 Å². The van der Waals surface area contributed by atoms with Crippen molar-refractivity contribution in [2.75, 3.05) is 19.6 Å². The SMILES string of the molecule is CC1CCN(CC(C)C(O)c2ccccc2F)C1. The third-order valence-corrected chi connectivity index (χ3v) is 3.82. The van der Waals surface area contributed by atoms with E-state index in [1.807, 2.05) is 6.92 Å². The summed E-state index contributed by atoms with van der Waals surface area (Å²) in [5.41, 5.74) is 0.414. The van der Waals surface area contributed by atoms with E-state index in [0.29, 0.717) is 5.56 Å². The number of halogens is 1. The molecule has 0 aromatic heterocycles. The molecule has 2 nitrogen and oxygen atoms in total. The molecule has 0 radical (unpaired) electrons. The van der Waals surface area contributed by atoms with Crippen molar-refractivity contribution in [1.29, 1.82) is 0 Å². The molecule has 3 atom stereocenters. The highest BCUT2D eigenvalue weighted by atomic mass is 19.1. The fourth-order valence-electron chi connectivity index (χ4n) is 2.72. The van der Waals surface area contributed by atoms with Gasteiger partial charge in [0.1, 0.15) is 5.82 Å². The molecule has 0 amide bonds. The molecule has 1 aromatic carbocycles. The van der Waals surface area contributed by atoms with Crippen LogP contribution in [0, 0.1) is 17.7 Å². The normalized spacial score (nSPS) is 24.1. The number of nitrogens with zero attached hydrogens (tertiary/aromatic N) is 1. The zero-order chi connectivity index (χ0) is 13.1. The van der Waals surface area contributed by atoms with Crippen molar-refractivity contribution >= 4 is 0 Å². The van der Waals surface area contributed by atoms with Crippen molar-refractivity contribution in [2.24, 2.45) is 11.8 Å². The fraction of sp³-hybridized carbons (Fsp3) is 0.600. The van der Waals surface area contributed by atoms with Gasteiger partial charge in [0.15, 0.2) is 0 Å². The lowest BCUT2D eigenvalue weighted by Gasteiger charge is -2.25. The van der Waals surface area contributed by atoms with E-state index in [-0.39, 0.29) is 11.7 Å². The topological polar surface area (TPSA) is 23.5 Å². The Bertz CT molecular complexity index is 396. The Labute approximate surface area is 108 Å². The van der Waals surface area contributed by atoms with Gasteiger partial charge in [0.05, 0.1) is 6.10 Å². The Hall–Kier alpha value is -0.930. The second-order valence-corrected chi connectivity index (χ2v) is 5.60. The van der Waals surface area contributed by atoms with Crippen LogP contribution in [0.3, 0.4) is 0 Å². The van der Waals surface area contributed by atoms with Gasteiger partial charge in [0.2, 0.25) is 0 Å². The van der Waals surface area contributed by atoms with Crippen LogP contribution in [0.4, 0.5) is 4.39 Å². The van der Waals surface area contributed by atoms with E-state index in [4.69, 9.17) is 0 Å². The van der Waals surface area contributed by atoms with Gasteiger partial charge >= 0.3 is 0 Å². The van der Waals surface area contributed by atoms with Crippen molar-refractivity contribution in [3.05, 3.63) is 35.6 Å². The summed E-state index contributed by atoms with van der Waals surface area (Å²) >= 11 is 0. The molecular weight excluding hydrogens is 229 g/mol. The van der Waals surface area contributed by atoms with E-state index in [0.717, 1.165) is 25.6 Å². The summed E-state index contributed by atoms with van der Waals surface area (Å²) in [6.45, 7) is 7.25. The number of rotatable bonds is 4. The zero-order valence-corrected chi connectivity index (χ0v) is 11.1. The van der Waals surface area contributed by atoms with Crippen LogP contribution in [-0.2, 0) is 0 Å². The quantitative estimate of drug-likeness (QED) is 0.889. The summed E-state index contributed by atoms with van der Waals surface area (Å²) < 4.78 is 13.6. The maximum absolute atomic E-state index is 13.6. The van der Waals surface area contributed by atoms with E-state index in [2.05, 4.69) is 11.8 Å². The van der Waals surface area contributed by atoms with Crippen LogP contribution >= 0.6 is 0 Å². The van der Waals surface area contributed by atoms with Gasteiger partial charge in [0.25, 0.3) is 0 Å². The molecule has 1 aliphatic rings. The van der Waals surface area contributed by atoms with Crippen LogP contribution in [0.2, 0.25) is 0 Å². The summed E-state index contributed by atoms with van der Waals surface area (Å²) in [6, 6.07) is 6.50.